The number of nitro groups is 1. The zero-order valence-electron chi connectivity index (χ0n) is 10.2. The molecule has 19 heavy (non-hydrogen) atoms. The fourth-order valence-corrected chi connectivity index (χ4v) is 2.26. The van der Waals surface area contributed by atoms with Crippen molar-refractivity contribution in [3.63, 3.8) is 0 Å². The van der Waals surface area contributed by atoms with Gasteiger partial charge in [0.1, 0.15) is 5.56 Å². The molecule has 2 rings (SSSR count). The fourth-order valence-electron chi connectivity index (χ4n) is 2.09. The maximum absolute atomic E-state index is 12.1. The Morgan fingerprint density at radius 1 is 1.53 bits per heavy atom. The van der Waals surface area contributed by atoms with E-state index in [1.807, 2.05) is 0 Å². The summed E-state index contributed by atoms with van der Waals surface area (Å²) in [6.07, 6.45) is 1.84. The van der Waals surface area contributed by atoms with Gasteiger partial charge in [-0.1, -0.05) is 11.6 Å². The van der Waals surface area contributed by atoms with Gasteiger partial charge >= 0.3 is 0 Å². The normalized spacial score (nSPS) is 18.9. The fraction of sp³-hybridized carbons (Fsp3) is 0.417. The smallest absolute Gasteiger partial charge is 0.282 e. The lowest BCUT2D eigenvalue weighted by Gasteiger charge is -2.23. The minimum atomic E-state index is -0.579. The van der Waals surface area contributed by atoms with E-state index in [1.54, 1.807) is 0 Å². The highest BCUT2D eigenvalue weighted by molar-refractivity contribution is 6.31. The first-order valence-electron chi connectivity index (χ1n) is 6.03. The molecule has 1 aromatic rings. The first-order valence-corrected chi connectivity index (χ1v) is 6.41. The molecule has 1 aliphatic heterocycles. The number of rotatable bonds is 3. The summed E-state index contributed by atoms with van der Waals surface area (Å²) in [5, 5.41) is 17.2. The predicted molar refractivity (Wildman–Crippen MR) is 71.5 cm³/mol. The molecule has 0 radical (unpaired) electrons. The average molecular weight is 284 g/mol. The quantitative estimate of drug-likeness (QED) is 0.653. The van der Waals surface area contributed by atoms with Gasteiger partial charge in [0.15, 0.2) is 0 Å². The minimum Gasteiger partial charge on any atom is -0.348 e. The van der Waals surface area contributed by atoms with Crippen molar-refractivity contribution in [1.82, 2.24) is 10.6 Å². The third-order valence-corrected chi connectivity index (χ3v) is 3.27. The number of halogens is 1. The van der Waals surface area contributed by atoms with E-state index in [9.17, 15) is 14.9 Å². The van der Waals surface area contributed by atoms with Crippen LogP contribution < -0.4 is 10.6 Å². The standard InChI is InChI=1S/C12H14ClN3O3/c13-8-3-4-11(16(18)19)10(6-8)12(17)15-9-2-1-5-14-7-9/h3-4,6,9,14H,1-2,5,7H2,(H,15,17)/t9-/m0/s1. The van der Waals surface area contributed by atoms with Crippen molar-refractivity contribution < 1.29 is 9.72 Å². The van der Waals surface area contributed by atoms with Gasteiger partial charge in [-0.05, 0) is 31.5 Å². The van der Waals surface area contributed by atoms with Crippen molar-refractivity contribution in [1.29, 1.82) is 0 Å². The monoisotopic (exact) mass is 283 g/mol. The van der Waals surface area contributed by atoms with Crippen LogP contribution in [0.25, 0.3) is 0 Å². The number of nitro benzene ring substituents is 1. The van der Waals surface area contributed by atoms with Crippen LogP contribution in [0.5, 0.6) is 0 Å². The lowest BCUT2D eigenvalue weighted by Crippen LogP contribution is -2.45. The van der Waals surface area contributed by atoms with Crippen LogP contribution in [0.15, 0.2) is 18.2 Å². The third kappa shape index (κ3) is 3.42. The molecule has 1 amide bonds. The maximum atomic E-state index is 12.1. The van der Waals surface area contributed by atoms with Crippen LogP contribution in [0.1, 0.15) is 23.2 Å². The molecule has 6 nitrogen and oxygen atoms in total. The SMILES string of the molecule is O=C(N[C@H]1CCCNC1)c1cc(Cl)ccc1[N+](=O)[O-]. The Labute approximate surface area is 115 Å². The number of carbonyl (C=O) groups is 1. The van der Waals surface area contributed by atoms with E-state index >= 15 is 0 Å². The number of carbonyl (C=O) groups excluding carboxylic acids is 1. The largest absolute Gasteiger partial charge is 0.348 e. The number of nitrogens with one attached hydrogen (secondary N) is 2. The van der Waals surface area contributed by atoms with Gasteiger partial charge in [0, 0.05) is 23.7 Å². The van der Waals surface area contributed by atoms with Crippen molar-refractivity contribution in [3.8, 4) is 0 Å². The molecule has 102 valence electrons. The molecular formula is C12H14ClN3O3. The van der Waals surface area contributed by atoms with Crippen LogP contribution in [0.2, 0.25) is 5.02 Å². The van der Waals surface area contributed by atoms with Gasteiger partial charge < -0.3 is 10.6 Å². The Morgan fingerprint density at radius 3 is 2.95 bits per heavy atom. The number of hydrogen-bond donors (Lipinski definition) is 2. The number of benzene rings is 1. The van der Waals surface area contributed by atoms with Gasteiger partial charge in [-0.2, -0.15) is 0 Å². The Kier molecular flexibility index (Phi) is 4.34. The lowest BCUT2D eigenvalue weighted by atomic mass is 10.1. The second kappa shape index (κ2) is 5.99. The molecule has 7 heteroatoms. The van der Waals surface area contributed by atoms with Crippen LogP contribution in [0, 0.1) is 10.1 Å². The summed E-state index contributed by atoms with van der Waals surface area (Å²) < 4.78 is 0. The number of amides is 1. The van der Waals surface area contributed by atoms with Crippen molar-refractivity contribution in [2.24, 2.45) is 0 Å². The first kappa shape index (κ1) is 13.8. The summed E-state index contributed by atoms with van der Waals surface area (Å²) in [6.45, 7) is 1.61. The summed E-state index contributed by atoms with van der Waals surface area (Å²) in [7, 11) is 0. The van der Waals surface area contributed by atoms with Crippen LogP contribution >= 0.6 is 11.6 Å². The Hall–Kier alpha value is -1.66. The van der Waals surface area contributed by atoms with E-state index in [0.29, 0.717) is 11.6 Å². The van der Waals surface area contributed by atoms with E-state index < -0.39 is 10.8 Å². The van der Waals surface area contributed by atoms with Gasteiger partial charge in [-0.3, -0.25) is 14.9 Å². The van der Waals surface area contributed by atoms with Gasteiger partial charge in [0.25, 0.3) is 11.6 Å². The highest BCUT2D eigenvalue weighted by atomic mass is 35.5. The first-order chi connectivity index (χ1) is 9.08. The summed E-state index contributed by atoms with van der Waals surface area (Å²) in [4.78, 5) is 22.4. The van der Waals surface area contributed by atoms with E-state index in [1.165, 1.54) is 18.2 Å². The van der Waals surface area contributed by atoms with Crippen molar-refractivity contribution in [2.75, 3.05) is 13.1 Å². The summed E-state index contributed by atoms with van der Waals surface area (Å²) >= 11 is 5.79. The van der Waals surface area contributed by atoms with E-state index in [-0.39, 0.29) is 17.3 Å². The molecule has 0 spiro atoms. The van der Waals surface area contributed by atoms with Crippen LogP contribution in [0.4, 0.5) is 5.69 Å². The second-order valence-electron chi connectivity index (χ2n) is 4.44. The summed E-state index contributed by atoms with van der Waals surface area (Å²) in [5.74, 6) is -0.456. The number of nitrogens with zero attached hydrogens (tertiary/aromatic N) is 1. The zero-order chi connectivity index (χ0) is 13.8. The van der Waals surface area contributed by atoms with Gasteiger partial charge in [-0.15, -0.1) is 0 Å². The van der Waals surface area contributed by atoms with E-state index in [2.05, 4.69) is 10.6 Å². The molecule has 1 fully saturated rings. The number of hydrogen-bond acceptors (Lipinski definition) is 4. The second-order valence-corrected chi connectivity index (χ2v) is 4.87. The molecule has 0 aliphatic carbocycles. The summed E-state index contributed by atoms with van der Waals surface area (Å²) in [5.41, 5.74) is -0.228. The van der Waals surface area contributed by atoms with Crippen molar-refractivity contribution in [3.05, 3.63) is 38.9 Å². The van der Waals surface area contributed by atoms with E-state index in [0.717, 1.165) is 19.4 Å². The highest BCUT2D eigenvalue weighted by Gasteiger charge is 2.23. The van der Waals surface area contributed by atoms with Crippen LogP contribution in [-0.4, -0.2) is 30.0 Å². The molecule has 1 aromatic carbocycles. The van der Waals surface area contributed by atoms with Crippen LogP contribution in [0.3, 0.4) is 0 Å². The number of piperidine rings is 1. The Morgan fingerprint density at radius 2 is 2.32 bits per heavy atom. The third-order valence-electron chi connectivity index (χ3n) is 3.03. The van der Waals surface area contributed by atoms with Crippen molar-refractivity contribution in [2.45, 2.75) is 18.9 Å². The Bertz CT molecular complexity index is 501. The minimum absolute atomic E-state index is 0.000152. The molecule has 1 atom stereocenters. The molecule has 2 N–H and O–H groups in total. The molecule has 0 saturated carbocycles. The van der Waals surface area contributed by atoms with Gasteiger partial charge in [-0.25, -0.2) is 0 Å². The molecular weight excluding hydrogens is 270 g/mol. The maximum Gasteiger partial charge on any atom is 0.282 e. The molecule has 1 aliphatic rings. The average Bonchev–Trinajstić information content (AvgIpc) is 2.39. The highest BCUT2D eigenvalue weighted by Crippen LogP contribution is 2.22. The molecule has 0 unspecified atom stereocenters. The summed E-state index contributed by atoms with van der Waals surface area (Å²) in [6, 6.07) is 3.97. The van der Waals surface area contributed by atoms with E-state index in [4.69, 9.17) is 11.6 Å². The van der Waals surface area contributed by atoms with Gasteiger partial charge in [0.2, 0.25) is 0 Å². The molecule has 1 heterocycles. The Balaban J connectivity index is 2.17. The van der Waals surface area contributed by atoms with Crippen LogP contribution in [-0.2, 0) is 0 Å². The molecule has 1 saturated heterocycles. The predicted octanol–water partition coefficient (Wildman–Crippen LogP) is 1.73. The zero-order valence-corrected chi connectivity index (χ0v) is 10.9. The topological polar surface area (TPSA) is 84.3 Å². The van der Waals surface area contributed by atoms with Crippen molar-refractivity contribution >= 4 is 23.2 Å². The lowest BCUT2D eigenvalue weighted by molar-refractivity contribution is -0.385. The van der Waals surface area contributed by atoms with Gasteiger partial charge in [0.05, 0.1) is 4.92 Å². The molecule has 0 bridgehead atoms. The molecule has 0 aromatic heterocycles.